The molecule has 1 unspecified atom stereocenters. The van der Waals surface area contributed by atoms with Crippen LogP contribution in [0.1, 0.15) is 29.7 Å². The number of sulfonamides is 1. The smallest absolute Gasteiger partial charge is 0.207 e. The van der Waals surface area contributed by atoms with E-state index in [1.807, 2.05) is 69.3 Å². The quantitative estimate of drug-likeness (QED) is 0.761. The molecule has 0 aliphatic carbocycles. The summed E-state index contributed by atoms with van der Waals surface area (Å²) in [6, 6.07) is 18.7. The van der Waals surface area contributed by atoms with Crippen LogP contribution in [0, 0.1) is 13.8 Å². The summed E-state index contributed by atoms with van der Waals surface area (Å²) in [5.74, 6) is 0. The predicted octanol–water partition coefficient (Wildman–Crippen LogP) is 4.50. The van der Waals surface area contributed by atoms with Crippen molar-refractivity contribution in [1.29, 1.82) is 0 Å². The van der Waals surface area contributed by atoms with Crippen LogP contribution >= 0.6 is 0 Å². The van der Waals surface area contributed by atoms with Crippen LogP contribution in [0.3, 0.4) is 0 Å². The van der Waals surface area contributed by atoms with Crippen LogP contribution in [-0.4, -0.2) is 8.42 Å². The van der Waals surface area contributed by atoms with Gasteiger partial charge in [0.1, 0.15) is 0 Å². The normalized spacial score (nSPS) is 13.1. The molecule has 0 bridgehead atoms. The lowest BCUT2D eigenvalue weighted by Crippen LogP contribution is -2.27. The minimum Gasteiger partial charge on any atom is -0.207 e. The largest absolute Gasteiger partial charge is 0.241 e. The molecule has 0 aromatic heterocycles. The SMILES string of the molecule is Cc1ccc(C)c(C(C)NS(=O)(=O)c2ccc3ccccc3c2)c1. The molecule has 0 fully saturated rings. The Bertz CT molecular complexity index is 993. The lowest BCUT2D eigenvalue weighted by Gasteiger charge is -2.17. The number of aryl methyl sites for hydroxylation is 2. The van der Waals surface area contributed by atoms with E-state index in [9.17, 15) is 8.42 Å². The first kappa shape index (κ1) is 16.7. The average molecular weight is 339 g/mol. The van der Waals surface area contributed by atoms with E-state index in [-0.39, 0.29) is 6.04 Å². The zero-order valence-electron chi connectivity index (χ0n) is 14.1. The van der Waals surface area contributed by atoms with Gasteiger partial charge >= 0.3 is 0 Å². The molecule has 1 N–H and O–H groups in total. The zero-order valence-corrected chi connectivity index (χ0v) is 14.9. The molecule has 24 heavy (non-hydrogen) atoms. The number of hydrogen-bond acceptors (Lipinski definition) is 2. The molecule has 0 aliphatic rings. The van der Waals surface area contributed by atoms with Crippen molar-refractivity contribution in [3.05, 3.63) is 77.4 Å². The van der Waals surface area contributed by atoms with E-state index in [0.717, 1.165) is 27.5 Å². The number of hydrogen-bond donors (Lipinski definition) is 1. The van der Waals surface area contributed by atoms with Crippen LogP contribution in [0.4, 0.5) is 0 Å². The molecule has 0 saturated carbocycles. The minimum atomic E-state index is -3.58. The molecule has 124 valence electrons. The van der Waals surface area contributed by atoms with Crippen molar-refractivity contribution in [3.8, 4) is 0 Å². The van der Waals surface area contributed by atoms with E-state index in [1.165, 1.54) is 0 Å². The standard InChI is InChI=1S/C20H21NO2S/c1-14-8-9-15(2)20(12-14)16(3)21-24(22,23)19-11-10-17-6-4-5-7-18(17)13-19/h4-13,16,21H,1-3H3. The van der Waals surface area contributed by atoms with Crippen molar-refractivity contribution >= 4 is 20.8 Å². The van der Waals surface area contributed by atoms with Crippen LogP contribution in [0.2, 0.25) is 0 Å². The third kappa shape index (κ3) is 3.35. The van der Waals surface area contributed by atoms with Crippen LogP contribution in [0.15, 0.2) is 65.6 Å². The molecule has 3 nitrogen and oxygen atoms in total. The molecule has 0 aliphatic heterocycles. The predicted molar refractivity (Wildman–Crippen MR) is 98.6 cm³/mol. The maximum absolute atomic E-state index is 12.7. The Kier molecular flexibility index (Phi) is 4.43. The van der Waals surface area contributed by atoms with Crippen LogP contribution in [0.5, 0.6) is 0 Å². The zero-order chi connectivity index (χ0) is 17.3. The van der Waals surface area contributed by atoms with E-state index in [4.69, 9.17) is 0 Å². The minimum absolute atomic E-state index is 0.290. The van der Waals surface area contributed by atoms with Crippen molar-refractivity contribution in [3.63, 3.8) is 0 Å². The molecule has 3 rings (SSSR count). The summed E-state index contributed by atoms with van der Waals surface area (Å²) in [7, 11) is -3.58. The van der Waals surface area contributed by atoms with Gasteiger partial charge in [0.05, 0.1) is 4.90 Å². The molecule has 0 saturated heterocycles. The van der Waals surface area contributed by atoms with E-state index in [2.05, 4.69) is 4.72 Å². The molecular formula is C20H21NO2S. The molecule has 0 radical (unpaired) electrons. The summed E-state index contributed by atoms with van der Waals surface area (Å²) in [5, 5.41) is 1.94. The Morgan fingerprint density at radius 2 is 1.58 bits per heavy atom. The molecule has 3 aromatic carbocycles. The van der Waals surface area contributed by atoms with Gasteiger partial charge < -0.3 is 0 Å². The van der Waals surface area contributed by atoms with Gasteiger partial charge in [-0.15, -0.1) is 0 Å². The highest BCUT2D eigenvalue weighted by Gasteiger charge is 2.19. The van der Waals surface area contributed by atoms with Gasteiger partial charge in [-0.2, -0.15) is 0 Å². The van der Waals surface area contributed by atoms with Gasteiger partial charge in [-0.25, -0.2) is 13.1 Å². The van der Waals surface area contributed by atoms with Gasteiger partial charge in [-0.05, 0) is 54.8 Å². The van der Waals surface area contributed by atoms with Crippen LogP contribution < -0.4 is 4.72 Å². The lowest BCUT2D eigenvalue weighted by atomic mass is 10.0. The summed E-state index contributed by atoms with van der Waals surface area (Å²) in [6.45, 7) is 5.88. The monoisotopic (exact) mass is 339 g/mol. The number of benzene rings is 3. The van der Waals surface area contributed by atoms with Gasteiger partial charge in [0.15, 0.2) is 0 Å². The second-order valence-corrected chi connectivity index (χ2v) is 7.93. The molecular weight excluding hydrogens is 318 g/mol. The molecule has 1 atom stereocenters. The summed E-state index contributed by atoms with van der Waals surface area (Å²) < 4.78 is 28.3. The van der Waals surface area contributed by atoms with Crippen molar-refractivity contribution in [2.45, 2.75) is 31.7 Å². The van der Waals surface area contributed by atoms with Crippen LogP contribution in [-0.2, 0) is 10.0 Å². The molecule has 3 aromatic rings. The molecule has 0 amide bonds. The molecule has 4 heteroatoms. The summed E-state index contributed by atoms with van der Waals surface area (Å²) in [5.41, 5.74) is 3.20. The van der Waals surface area contributed by atoms with Gasteiger partial charge in [0, 0.05) is 6.04 Å². The second kappa shape index (κ2) is 6.38. The average Bonchev–Trinajstić information content (AvgIpc) is 2.56. The highest BCUT2D eigenvalue weighted by atomic mass is 32.2. The summed E-state index contributed by atoms with van der Waals surface area (Å²) in [6.07, 6.45) is 0. The Morgan fingerprint density at radius 1 is 0.875 bits per heavy atom. The van der Waals surface area contributed by atoms with Gasteiger partial charge in [0.25, 0.3) is 0 Å². The number of rotatable bonds is 4. The van der Waals surface area contributed by atoms with Crippen molar-refractivity contribution in [1.82, 2.24) is 4.72 Å². The Hall–Kier alpha value is -2.17. The Morgan fingerprint density at radius 3 is 2.33 bits per heavy atom. The third-order valence-electron chi connectivity index (χ3n) is 4.26. The van der Waals surface area contributed by atoms with Gasteiger partial charge in [-0.3, -0.25) is 0 Å². The first-order valence-electron chi connectivity index (χ1n) is 7.95. The van der Waals surface area contributed by atoms with E-state index < -0.39 is 10.0 Å². The topological polar surface area (TPSA) is 46.2 Å². The first-order valence-corrected chi connectivity index (χ1v) is 9.43. The van der Waals surface area contributed by atoms with Crippen molar-refractivity contribution < 1.29 is 8.42 Å². The lowest BCUT2D eigenvalue weighted by molar-refractivity contribution is 0.566. The number of fused-ring (bicyclic) bond motifs is 1. The van der Waals surface area contributed by atoms with E-state index in [0.29, 0.717) is 4.90 Å². The third-order valence-corrected chi connectivity index (χ3v) is 5.80. The van der Waals surface area contributed by atoms with Gasteiger partial charge in [-0.1, -0.05) is 54.1 Å². The Labute approximate surface area is 143 Å². The maximum atomic E-state index is 12.7. The maximum Gasteiger partial charge on any atom is 0.241 e. The highest BCUT2D eigenvalue weighted by Crippen LogP contribution is 2.23. The Balaban J connectivity index is 1.93. The highest BCUT2D eigenvalue weighted by molar-refractivity contribution is 7.89. The van der Waals surface area contributed by atoms with E-state index >= 15 is 0 Å². The second-order valence-electron chi connectivity index (χ2n) is 6.21. The van der Waals surface area contributed by atoms with Crippen molar-refractivity contribution in [2.75, 3.05) is 0 Å². The van der Waals surface area contributed by atoms with Crippen molar-refractivity contribution in [2.24, 2.45) is 0 Å². The molecule has 0 heterocycles. The summed E-state index contributed by atoms with van der Waals surface area (Å²) in [4.78, 5) is 0.290. The first-order chi connectivity index (χ1) is 11.4. The van der Waals surface area contributed by atoms with Crippen LogP contribution in [0.25, 0.3) is 10.8 Å². The van der Waals surface area contributed by atoms with Gasteiger partial charge in [0.2, 0.25) is 10.0 Å². The van der Waals surface area contributed by atoms with E-state index in [1.54, 1.807) is 12.1 Å². The fourth-order valence-electron chi connectivity index (χ4n) is 2.93. The molecule has 0 spiro atoms. The number of nitrogens with one attached hydrogen (secondary N) is 1. The fraction of sp³-hybridized carbons (Fsp3) is 0.200. The fourth-order valence-corrected chi connectivity index (χ4v) is 4.18. The summed E-state index contributed by atoms with van der Waals surface area (Å²) >= 11 is 0.